The zero-order valence-electron chi connectivity index (χ0n) is 18.6. The van der Waals surface area contributed by atoms with E-state index < -0.39 is 0 Å². The predicted octanol–water partition coefficient (Wildman–Crippen LogP) is 5.38. The predicted molar refractivity (Wildman–Crippen MR) is 127 cm³/mol. The fraction of sp³-hybridized carbons (Fsp3) is 0.333. The summed E-state index contributed by atoms with van der Waals surface area (Å²) in [5.74, 6) is 0.734. The maximum Gasteiger partial charge on any atom is 0.321 e. The number of likely N-dealkylation sites (tertiary alicyclic amines) is 1. The van der Waals surface area contributed by atoms with E-state index in [1.54, 1.807) is 12.0 Å². The number of Topliss-reactive ketones (excluding diaryl/α,β-unsaturated/α-hetero) is 1. The van der Waals surface area contributed by atoms with Gasteiger partial charge in [0.1, 0.15) is 5.75 Å². The number of urea groups is 1. The van der Waals surface area contributed by atoms with Crippen molar-refractivity contribution in [3.8, 4) is 5.75 Å². The van der Waals surface area contributed by atoms with Gasteiger partial charge in [-0.25, -0.2) is 4.79 Å². The topological polar surface area (TPSA) is 58.6 Å². The minimum absolute atomic E-state index is 0.152. The number of amides is 2. The summed E-state index contributed by atoms with van der Waals surface area (Å²) in [6.45, 7) is 3.05. The van der Waals surface area contributed by atoms with Crippen LogP contribution < -0.4 is 10.1 Å². The number of rotatable bonds is 4. The van der Waals surface area contributed by atoms with Gasteiger partial charge in [0.2, 0.25) is 0 Å². The molecule has 1 aliphatic heterocycles. The summed E-state index contributed by atoms with van der Waals surface area (Å²) < 4.78 is 5.24. The number of carbonyl (C=O) groups excluding carboxylic acids is 2. The number of ketones is 1. The minimum atomic E-state index is -0.176. The van der Waals surface area contributed by atoms with Crippen molar-refractivity contribution in [1.82, 2.24) is 4.90 Å². The van der Waals surface area contributed by atoms with E-state index in [0.717, 1.165) is 53.6 Å². The van der Waals surface area contributed by atoms with Gasteiger partial charge in [0, 0.05) is 30.3 Å². The number of methoxy groups -OCH3 is 1. The molecule has 0 radical (unpaired) electrons. The van der Waals surface area contributed by atoms with Crippen LogP contribution in [0.2, 0.25) is 0 Å². The van der Waals surface area contributed by atoms with Gasteiger partial charge >= 0.3 is 6.03 Å². The van der Waals surface area contributed by atoms with Crippen molar-refractivity contribution in [3.63, 3.8) is 0 Å². The fourth-order valence-electron chi connectivity index (χ4n) is 5.15. The number of hydrogen-bond acceptors (Lipinski definition) is 3. The van der Waals surface area contributed by atoms with Crippen molar-refractivity contribution in [1.29, 1.82) is 0 Å². The van der Waals surface area contributed by atoms with Crippen LogP contribution in [-0.2, 0) is 12.8 Å². The van der Waals surface area contributed by atoms with Gasteiger partial charge in [0.25, 0.3) is 0 Å². The standard InChI is InChI=1S/C27H28N2O3/c1-17-15-21(32-2)11-13-24(17)28-27(31)29-14-4-6-20(16-29)26(30)23-12-10-19-9-8-18-5-3-7-22(23)25(18)19/h3,5,7,10-13,15,20H,4,6,8-9,14,16H2,1-2H3,(H,28,31)/t20-/m0/s1. The second-order valence-corrected chi connectivity index (χ2v) is 8.87. The van der Waals surface area contributed by atoms with Crippen molar-refractivity contribution in [2.75, 3.05) is 25.5 Å². The molecule has 164 valence electrons. The average molecular weight is 429 g/mol. The van der Waals surface area contributed by atoms with Crippen LogP contribution in [0.5, 0.6) is 5.75 Å². The Balaban J connectivity index is 1.34. The van der Waals surface area contributed by atoms with Crippen molar-refractivity contribution < 1.29 is 14.3 Å². The summed E-state index contributed by atoms with van der Waals surface area (Å²) in [6.07, 6.45) is 3.73. The van der Waals surface area contributed by atoms with Crippen LogP contribution in [0.25, 0.3) is 10.8 Å². The fourth-order valence-corrected chi connectivity index (χ4v) is 5.15. The van der Waals surface area contributed by atoms with Crippen molar-refractivity contribution in [3.05, 3.63) is 70.8 Å². The van der Waals surface area contributed by atoms with E-state index in [1.165, 1.54) is 16.5 Å². The Morgan fingerprint density at radius 1 is 1.06 bits per heavy atom. The van der Waals surface area contributed by atoms with Crippen LogP contribution >= 0.6 is 0 Å². The molecule has 5 nitrogen and oxygen atoms in total. The van der Waals surface area contributed by atoms with Crippen LogP contribution in [0.1, 0.15) is 39.9 Å². The highest BCUT2D eigenvalue weighted by Gasteiger charge is 2.30. The van der Waals surface area contributed by atoms with E-state index in [2.05, 4.69) is 29.6 Å². The second kappa shape index (κ2) is 8.30. The number of nitrogens with one attached hydrogen (secondary N) is 1. The molecule has 1 fully saturated rings. The van der Waals surface area contributed by atoms with Gasteiger partial charge in [-0.05, 0) is 78.3 Å². The molecule has 0 spiro atoms. The van der Waals surface area contributed by atoms with Gasteiger partial charge in [0.05, 0.1) is 7.11 Å². The molecule has 1 aliphatic carbocycles. The highest BCUT2D eigenvalue weighted by atomic mass is 16.5. The first-order valence-corrected chi connectivity index (χ1v) is 11.3. The molecular weight excluding hydrogens is 400 g/mol. The van der Waals surface area contributed by atoms with E-state index in [0.29, 0.717) is 13.1 Å². The molecule has 0 unspecified atom stereocenters. The largest absolute Gasteiger partial charge is 0.497 e. The lowest BCUT2D eigenvalue weighted by molar-refractivity contribution is 0.0853. The molecule has 32 heavy (non-hydrogen) atoms. The summed E-state index contributed by atoms with van der Waals surface area (Å²) in [5, 5.41) is 5.33. The van der Waals surface area contributed by atoms with Crippen LogP contribution in [0.4, 0.5) is 10.5 Å². The Morgan fingerprint density at radius 2 is 1.88 bits per heavy atom. The summed E-state index contributed by atoms with van der Waals surface area (Å²) >= 11 is 0. The molecule has 1 heterocycles. The Bertz CT molecular complexity index is 1210. The lowest BCUT2D eigenvalue weighted by Gasteiger charge is -2.32. The maximum absolute atomic E-state index is 13.5. The van der Waals surface area contributed by atoms with E-state index in [-0.39, 0.29) is 17.7 Å². The van der Waals surface area contributed by atoms with Gasteiger partial charge in [-0.15, -0.1) is 0 Å². The third-order valence-corrected chi connectivity index (χ3v) is 6.90. The van der Waals surface area contributed by atoms with E-state index in [4.69, 9.17) is 4.74 Å². The van der Waals surface area contributed by atoms with Gasteiger partial charge in [-0.3, -0.25) is 4.79 Å². The average Bonchev–Trinajstić information content (AvgIpc) is 3.25. The third kappa shape index (κ3) is 3.62. The molecule has 0 aromatic heterocycles. The van der Waals surface area contributed by atoms with E-state index >= 15 is 0 Å². The molecule has 1 saturated heterocycles. The number of aryl methyl sites for hydroxylation is 3. The van der Waals surface area contributed by atoms with Crippen molar-refractivity contribution >= 4 is 28.3 Å². The van der Waals surface area contributed by atoms with Crippen LogP contribution in [0, 0.1) is 12.8 Å². The van der Waals surface area contributed by atoms with Crippen molar-refractivity contribution in [2.24, 2.45) is 5.92 Å². The van der Waals surface area contributed by atoms with Crippen LogP contribution in [-0.4, -0.2) is 36.9 Å². The smallest absolute Gasteiger partial charge is 0.321 e. The van der Waals surface area contributed by atoms with Crippen LogP contribution in [0.15, 0.2) is 48.5 Å². The molecule has 3 aromatic rings. The molecule has 0 bridgehead atoms. The Labute approximate surface area is 188 Å². The number of carbonyl (C=O) groups is 2. The number of benzene rings is 3. The normalized spacial score (nSPS) is 17.4. The molecule has 5 rings (SSSR count). The van der Waals surface area contributed by atoms with Gasteiger partial charge in [-0.2, -0.15) is 0 Å². The molecule has 2 aliphatic rings. The Kier molecular flexibility index (Phi) is 5.33. The zero-order valence-corrected chi connectivity index (χ0v) is 18.6. The van der Waals surface area contributed by atoms with E-state index in [9.17, 15) is 9.59 Å². The molecule has 5 heteroatoms. The zero-order chi connectivity index (χ0) is 22.2. The monoisotopic (exact) mass is 428 g/mol. The highest BCUT2D eigenvalue weighted by Crippen LogP contribution is 2.34. The number of hydrogen-bond donors (Lipinski definition) is 1. The first-order chi connectivity index (χ1) is 15.5. The molecule has 0 saturated carbocycles. The first-order valence-electron chi connectivity index (χ1n) is 11.3. The Hall–Kier alpha value is -3.34. The third-order valence-electron chi connectivity index (χ3n) is 6.90. The minimum Gasteiger partial charge on any atom is -0.497 e. The Morgan fingerprint density at radius 3 is 2.66 bits per heavy atom. The van der Waals surface area contributed by atoms with E-state index in [1.807, 2.05) is 31.2 Å². The number of ether oxygens (including phenoxy) is 1. The molecule has 3 aromatic carbocycles. The lowest BCUT2D eigenvalue weighted by atomic mass is 9.87. The molecule has 1 N–H and O–H groups in total. The second-order valence-electron chi connectivity index (χ2n) is 8.87. The molecular formula is C27H28N2O3. The first kappa shape index (κ1) is 20.6. The van der Waals surface area contributed by atoms with Gasteiger partial charge in [0.15, 0.2) is 5.78 Å². The maximum atomic E-state index is 13.5. The summed E-state index contributed by atoms with van der Waals surface area (Å²) in [7, 11) is 1.62. The molecule has 1 atom stereocenters. The summed E-state index contributed by atoms with van der Waals surface area (Å²) in [6, 6.07) is 15.8. The van der Waals surface area contributed by atoms with Gasteiger partial charge < -0.3 is 15.0 Å². The van der Waals surface area contributed by atoms with Crippen LogP contribution in [0.3, 0.4) is 0 Å². The molecule has 2 amide bonds. The summed E-state index contributed by atoms with van der Waals surface area (Å²) in [4.78, 5) is 28.3. The number of piperidine rings is 1. The highest BCUT2D eigenvalue weighted by molar-refractivity contribution is 6.11. The quantitative estimate of drug-likeness (QED) is 0.568. The summed E-state index contributed by atoms with van der Waals surface area (Å²) in [5.41, 5.74) is 5.18. The van der Waals surface area contributed by atoms with Gasteiger partial charge in [-0.1, -0.05) is 30.3 Å². The lowest BCUT2D eigenvalue weighted by Crippen LogP contribution is -2.44. The SMILES string of the molecule is COc1ccc(NC(=O)N2CCC[C@H](C(=O)c3ccc4c5c(cccc35)CC4)C2)c(C)c1. The van der Waals surface area contributed by atoms with Crippen molar-refractivity contribution in [2.45, 2.75) is 32.6 Å². The number of nitrogens with zero attached hydrogens (tertiary/aromatic N) is 1. The number of anilines is 1.